The number of thiophene rings is 2. The van der Waals surface area contributed by atoms with Crippen LogP contribution in [0, 0.1) is 0 Å². The van der Waals surface area contributed by atoms with Gasteiger partial charge in [0.25, 0.3) is 40.1 Å². The number of halogens is 2. The SMILES string of the molecule is CCN[C@@H]1CN(CCCOC)S(=O)(=O)c2sc(S(N)(=O)=O)cc21.CCN[C@@H]1C[C@@H](C)S(=O)(=O)c2sc(S(N)(=O)=O)cc21.CCOc1ccc2nc(S(N)(=O)=O)sc2c1.COC=NC1SC(S(N)(=O)=O)=NN1C.COC=Nc1nnc(S(N)(=O)=O)s1.NS(=O)(=O)c1cc(Cl)c(Cl)c(S(N)(=O)=O)c1. The number of nitrogens with one attached hydrogen (secondary N) is 2. The summed E-state index contributed by atoms with van der Waals surface area (Å²) >= 11 is 15.3. The van der Waals surface area contributed by atoms with Crippen LogP contribution in [0.15, 0.2) is 92.9 Å². The van der Waals surface area contributed by atoms with Gasteiger partial charge in [0.1, 0.15) is 27.5 Å². The lowest BCUT2D eigenvalue weighted by molar-refractivity contribution is 0.185. The molecule has 4 atom stereocenters. The average molecular weight is 1730 g/mol. The van der Waals surface area contributed by atoms with Crippen LogP contribution in [0.3, 0.4) is 0 Å². The second kappa shape index (κ2) is 36.7. The van der Waals surface area contributed by atoms with Crippen molar-refractivity contribution in [3.63, 3.8) is 0 Å². The fourth-order valence-electron chi connectivity index (χ4n) is 8.04. The van der Waals surface area contributed by atoms with Crippen molar-refractivity contribution in [1.29, 1.82) is 0 Å². The van der Waals surface area contributed by atoms with Crippen LogP contribution in [-0.2, 0) is 104 Å². The second-order valence-electron chi connectivity index (χ2n) is 19.9. The van der Waals surface area contributed by atoms with Gasteiger partial charge in [0.05, 0.1) is 51.2 Å². The molecule has 0 bridgehead atoms. The minimum atomic E-state index is -4.18. The predicted octanol–water partition coefficient (Wildman–Crippen LogP) is 1.00. The van der Waals surface area contributed by atoms with Crippen molar-refractivity contribution in [2.24, 2.45) is 51.1 Å². The second-order valence-corrected chi connectivity index (χ2v) is 42.4. The van der Waals surface area contributed by atoms with Crippen LogP contribution < -0.4 is 51.3 Å². The molecular formula is C46H69Cl2N17O22S14. The quantitative estimate of drug-likeness (QED) is 0.0292. The number of primary sulfonamides is 7. The summed E-state index contributed by atoms with van der Waals surface area (Å²) in [5.41, 5.74) is 1.17. The number of aromatic nitrogens is 3. The largest absolute Gasteiger partial charge is 0.494 e. The number of thiazole rings is 1. The Morgan fingerprint density at radius 2 is 1.24 bits per heavy atom. The van der Waals surface area contributed by atoms with Crippen LogP contribution in [0.4, 0.5) is 5.13 Å². The number of sulfone groups is 1. The molecule has 9 rings (SSSR count). The molecule has 0 radical (unpaired) electrons. The summed E-state index contributed by atoms with van der Waals surface area (Å²) in [6.07, 6.45) is 3.34. The Hall–Kier alpha value is -4.46. The number of likely N-dealkylation sites (N-methyl/N-ethyl adjacent to an activating group) is 1. The number of methoxy groups -OCH3 is 3. The monoisotopic (exact) mass is 1730 g/mol. The molecule has 6 aromatic rings. The topological polar surface area (TPSA) is 633 Å². The summed E-state index contributed by atoms with van der Waals surface area (Å²) in [6.45, 7) is 10.3. The highest BCUT2D eigenvalue weighted by atomic mass is 35.5. The zero-order chi connectivity index (χ0) is 76.8. The first-order chi connectivity index (χ1) is 46.4. The Morgan fingerprint density at radius 1 is 0.673 bits per heavy atom. The van der Waals surface area contributed by atoms with Gasteiger partial charge in [0.2, 0.25) is 58.3 Å². The van der Waals surface area contributed by atoms with E-state index in [4.69, 9.17) is 68.6 Å². The molecule has 0 amide bonds. The maximum Gasteiger partial charge on any atom is 0.267 e. The highest BCUT2D eigenvalue weighted by Gasteiger charge is 2.41. The van der Waals surface area contributed by atoms with E-state index in [1.807, 2.05) is 20.8 Å². The smallest absolute Gasteiger partial charge is 0.267 e. The van der Waals surface area contributed by atoms with E-state index in [0.29, 0.717) is 79.4 Å². The number of sulfonamides is 8. The number of nitrogens with two attached hydrogens (primary N) is 7. The number of fused-ring (bicyclic) bond motifs is 3. The summed E-state index contributed by atoms with van der Waals surface area (Å²) in [4.78, 5) is 10.4. The summed E-state index contributed by atoms with van der Waals surface area (Å²) < 4.78 is 226. The Kier molecular flexibility index (Phi) is 32.3. The number of nitrogens with zero attached hydrogens (tertiary/aromatic N) is 8. The number of ether oxygens (including phenoxy) is 4. The maximum atomic E-state index is 12.7. The third-order valence-corrected chi connectivity index (χ3v) is 32.4. The molecule has 0 saturated heterocycles. The lowest BCUT2D eigenvalue weighted by atomic mass is 10.1. The van der Waals surface area contributed by atoms with Crippen LogP contribution in [0.1, 0.15) is 63.7 Å². The zero-order valence-corrected chi connectivity index (χ0v) is 66.7. The minimum Gasteiger partial charge on any atom is -0.494 e. The minimum absolute atomic E-state index is 0.0520. The average Bonchev–Trinajstić information content (AvgIpc) is 1.64. The molecule has 1 unspecified atom stereocenters. The van der Waals surface area contributed by atoms with Crippen molar-refractivity contribution in [3.05, 3.63) is 63.6 Å². The summed E-state index contributed by atoms with van der Waals surface area (Å²) in [6, 6.07) is 9.25. The molecule has 0 spiro atoms. The van der Waals surface area contributed by atoms with Crippen molar-refractivity contribution < 1.29 is 94.7 Å². The van der Waals surface area contributed by atoms with Crippen LogP contribution in [0.2, 0.25) is 10.0 Å². The normalized spacial score (nSPS) is 18.4. The van der Waals surface area contributed by atoms with E-state index < -0.39 is 111 Å². The molecule has 16 N–H and O–H groups in total. The van der Waals surface area contributed by atoms with Crippen molar-refractivity contribution >= 4 is 203 Å². The van der Waals surface area contributed by atoms with E-state index in [9.17, 15) is 75.8 Å². The Bertz CT molecular complexity index is 5100. The summed E-state index contributed by atoms with van der Waals surface area (Å²) in [7, 11) is -28.5. The van der Waals surface area contributed by atoms with Gasteiger partial charge in [-0.05, 0) is 94.0 Å². The summed E-state index contributed by atoms with van der Waals surface area (Å²) in [5, 5.41) is 51.9. The van der Waals surface area contributed by atoms with Crippen LogP contribution >= 0.6 is 80.3 Å². The highest BCUT2D eigenvalue weighted by molar-refractivity contribution is 8.35. The van der Waals surface area contributed by atoms with Gasteiger partial charge < -0.3 is 29.6 Å². The van der Waals surface area contributed by atoms with Crippen molar-refractivity contribution in [3.8, 4) is 5.75 Å². The van der Waals surface area contributed by atoms with Crippen molar-refractivity contribution in [2.45, 2.75) is 98.7 Å². The van der Waals surface area contributed by atoms with Crippen LogP contribution in [-0.4, -0.2) is 196 Å². The molecule has 7 heterocycles. The molecule has 0 fully saturated rings. The Balaban J connectivity index is 0.000000260. The van der Waals surface area contributed by atoms with Gasteiger partial charge in [-0.25, -0.2) is 122 Å². The van der Waals surface area contributed by atoms with Gasteiger partial charge in [-0.15, -0.1) is 44.2 Å². The number of hydrogen-bond acceptors (Lipinski definition) is 36. The fraction of sp³-hybridized carbons (Fsp3) is 0.435. The Labute approximate surface area is 613 Å². The molecule has 2 aromatic carbocycles. The first kappa shape index (κ1) is 88.9. The summed E-state index contributed by atoms with van der Waals surface area (Å²) in [5.74, 6) is 0.694. The van der Waals surface area contributed by atoms with Gasteiger partial charge in [-0.3, -0.25) is 5.01 Å². The molecule has 4 aromatic heterocycles. The molecule has 101 heavy (non-hydrogen) atoms. The van der Waals surface area contributed by atoms with E-state index in [0.717, 1.165) is 69.0 Å². The standard InChI is InChI=1S/C12H21N3O5S3.C10H16N2O4S3.C9H10N2O3S2.C6H6Cl2N2O4S2.C5H10N4O3S2.C4H6N4O3S2/c1-3-14-10-8-15(5-4-6-20-2)23(18,19)12-9(10)7-11(21-12)22(13,16)17;1-3-12-8-4-6(2)18(13,14)10-7(8)5-9(17-10)19(11,15)16;1-2-14-6-3-4-7-8(5-6)15-9(11-7)16(10,12)13;7-4-1-3(15(9,11)12)2-5(6(4)8)16(10,13)14;1-9-4(7-3-12-2)13-5(8-9)14(6,10)11;1-11-2-6-3-7-8-4(12-3)13(5,9)10/h7,10,14H,3-6,8H2,1-2H3,(H2,13,16,17);5-6,8,12H,3-4H2,1-2H3,(H2,11,15,16);3-5H,2H2,1H3,(H2,10,12,13);1-2H,(H2,9,11,12)(H2,10,13,14);3-4H,1-2H3,(H2,6,10,11);2H,1H3,(H2,5,9,10)/t10-;6-,8-;;;;/m11..../s1. The number of benzene rings is 2. The van der Waals surface area contributed by atoms with Crippen molar-refractivity contribution in [1.82, 2.24) is 35.1 Å². The molecule has 568 valence electrons. The fourth-order valence-corrected chi connectivity index (χ4v) is 23.5. The van der Waals surface area contributed by atoms with Crippen molar-refractivity contribution in [2.75, 3.05) is 67.8 Å². The van der Waals surface area contributed by atoms with E-state index >= 15 is 0 Å². The van der Waals surface area contributed by atoms with Gasteiger partial charge in [0.15, 0.2) is 28.1 Å². The van der Waals surface area contributed by atoms with E-state index in [1.165, 1.54) is 42.1 Å². The number of hydrogen-bond donors (Lipinski definition) is 9. The van der Waals surface area contributed by atoms with E-state index in [-0.39, 0.29) is 63.7 Å². The molecule has 0 aliphatic carbocycles. The van der Waals surface area contributed by atoms with Gasteiger partial charge in [-0.2, -0.15) is 14.4 Å². The third-order valence-electron chi connectivity index (χ3n) is 12.4. The first-order valence-corrected chi connectivity index (χ1v) is 46.2. The van der Waals surface area contributed by atoms with Gasteiger partial charge in [0, 0.05) is 57.1 Å². The van der Waals surface area contributed by atoms with Gasteiger partial charge in [-0.1, -0.05) is 48.4 Å². The number of rotatable bonds is 20. The van der Waals surface area contributed by atoms with Gasteiger partial charge >= 0.3 is 0 Å². The molecule has 3 aliphatic rings. The zero-order valence-electron chi connectivity index (χ0n) is 53.7. The lowest BCUT2D eigenvalue weighted by Crippen LogP contribution is -2.43. The number of aliphatic imine (C=N–C) groups is 2. The lowest BCUT2D eigenvalue weighted by Gasteiger charge is -2.32. The first-order valence-electron chi connectivity index (χ1n) is 27.5. The molecule has 39 nitrogen and oxygen atoms in total. The maximum absolute atomic E-state index is 12.7. The third kappa shape index (κ3) is 25.4. The molecular weight excluding hydrogens is 1660 g/mol. The molecule has 55 heteroatoms. The van der Waals surface area contributed by atoms with Crippen LogP contribution in [0.25, 0.3) is 10.2 Å². The number of thioether (sulfide) groups is 1. The Morgan fingerprint density at radius 3 is 1.72 bits per heavy atom. The predicted molar refractivity (Wildman–Crippen MR) is 384 cm³/mol. The van der Waals surface area contributed by atoms with E-state index in [1.54, 1.807) is 39.3 Å². The van der Waals surface area contributed by atoms with Crippen LogP contribution in [0.5, 0.6) is 5.75 Å². The highest BCUT2D eigenvalue weighted by Crippen LogP contribution is 2.43. The molecule has 3 aliphatic heterocycles. The number of hydrazone groups is 1. The van der Waals surface area contributed by atoms with E-state index in [2.05, 4.69) is 50.4 Å². The molecule has 0 saturated carbocycles.